The monoisotopic (exact) mass is 328 g/mol. The van der Waals surface area contributed by atoms with E-state index in [1.807, 2.05) is 0 Å². The highest BCUT2D eigenvalue weighted by molar-refractivity contribution is 6.73. The number of epoxide rings is 1. The van der Waals surface area contributed by atoms with E-state index in [-0.39, 0.29) is 18.3 Å². The lowest BCUT2D eigenvalue weighted by molar-refractivity contribution is 0.146. The summed E-state index contributed by atoms with van der Waals surface area (Å²) in [6, 6.07) is 3.62. The van der Waals surface area contributed by atoms with Gasteiger partial charge in [-0.25, -0.2) is 0 Å². The van der Waals surface area contributed by atoms with Gasteiger partial charge in [0.05, 0.1) is 18.3 Å². The summed E-state index contributed by atoms with van der Waals surface area (Å²) in [6.45, 7) is 13.5. The number of hydrogen-bond acceptors (Lipinski definition) is 3. The Hall–Kier alpha value is -0.163. The van der Waals surface area contributed by atoms with E-state index < -0.39 is 8.32 Å². The van der Waals surface area contributed by atoms with E-state index >= 15 is 0 Å². The molecule has 1 saturated heterocycles. The van der Waals surface area contributed by atoms with E-state index in [0.29, 0.717) is 12.0 Å². The van der Waals surface area contributed by atoms with Crippen molar-refractivity contribution < 1.29 is 14.3 Å². The quantitative estimate of drug-likeness (QED) is 0.344. The lowest BCUT2D eigenvalue weighted by Crippen LogP contribution is -2.41. The molecule has 0 aromatic heterocycles. The lowest BCUT2D eigenvalue weighted by atomic mass is 9.99. The van der Waals surface area contributed by atoms with Gasteiger partial charge in [-0.1, -0.05) is 46.8 Å². The van der Waals surface area contributed by atoms with Crippen LogP contribution in [0.25, 0.3) is 0 Å². The van der Waals surface area contributed by atoms with Crippen molar-refractivity contribution in [3.05, 3.63) is 12.2 Å². The highest BCUT2D eigenvalue weighted by Crippen LogP contribution is 2.39. The van der Waals surface area contributed by atoms with Gasteiger partial charge in [0.25, 0.3) is 0 Å². The van der Waals surface area contributed by atoms with Gasteiger partial charge in [-0.05, 0) is 43.8 Å². The second kappa shape index (κ2) is 8.62. The van der Waals surface area contributed by atoms with Gasteiger partial charge in [0.2, 0.25) is 0 Å². The molecule has 1 N–H and O–H groups in total. The Bertz CT molecular complexity index is 346. The molecule has 1 fully saturated rings. The fourth-order valence-electron chi connectivity index (χ4n) is 3.23. The zero-order chi connectivity index (χ0) is 16.8. The van der Waals surface area contributed by atoms with Gasteiger partial charge in [0.1, 0.15) is 6.10 Å². The molecule has 0 aliphatic carbocycles. The predicted molar refractivity (Wildman–Crippen MR) is 95.6 cm³/mol. The first-order chi connectivity index (χ1) is 10.4. The third kappa shape index (κ3) is 4.92. The van der Waals surface area contributed by atoms with Crippen LogP contribution in [0, 0.1) is 5.92 Å². The molecule has 4 heteroatoms. The van der Waals surface area contributed by atoms with Crippen molar-refractivity contribution in [1.29, 1.82) is 0 Å². The Morgan fingerprint density at radius 1 is 1.23 bits per heavy atom. The maximum Gasteiger partial charge on any atom is 0.192 e. The fraction of sp³-hybridized carbons (Fsp3) is 0.889. The number of aliphatic hydroxyl groups excluding tert-OH is 1. The van der Waals surface area contributed by atoms with E-state index in [2.05, 4.69) is 53.7 Å². The van der Waals surface area contributed by atoms with Crippen molar-refractivity contribution in [2.75, 3.05) is 6.61 Å². The average molecular weight is 329 g/mol. The maximum atomic E-state index is 9.12. The molecule has 22 heavy (non-hydrogen) atoms. The molecule has 0 unspecified atom stereocenters. The molecule has 1 heterocycles. The average Bonchev–Trinajstić information content (AvgIpc) is 3.20. The van der Waals surface area contributed by atoms with E-state index in [4.69, 9.17) is 14.3 Å². The van der Waals surface area contributed by atoms with E-state index in [0.717, 1.165) is 12.8 Å². The maximum absolute atomic E-state index is 9.12. The minimum atomic E-state index is -1.54. The molecule has 4 atom stereocenters. The van der Waals surface area contributed by atoms with Crippen LogP contribution >= 0.6 is 0 Å². The van der Waals surface area contributed by atoms with Gasteiger partial charge in [0, 0.05) is 0 Å². The van der Waals surface area contributed by atoms with Crippen LogP contribution in [0.4, 0.5) is 0 Å². The van der Waals surface area contributed by atoms with Crippen LogP contribution < -0.4 is 0 Å². The van der Waals surface area contributed by atoms with E-state index in [9.17, 15) is 0 Å². The number of ether oxygens (including phenoxy) is 1. The molecular weight excluding hydrogens is 292 g/mol. The molecule has 0 spiro atoms. The van der Waals surface area contributed by atoms with E-state index in [1.54, 1.807) is 0 Å². The minimum Gasteiger partial charge on any atom is -0.413 e. The molecule has 1 rings (SSSR count). The highest BCUT2D eigenvalue weighted by Gasteiger charge is 2.50. The molecule has 3 nitrogen and oxygen atoms in total. The van der Waals surface area contributed by atoms with Crippen molar-refractivity contribution in [3.63, 3.8) is 0 Å². The SMILES string of the molecule is CC[C@H](O[Si](CC)(CC)CC)[C@@H](C)/C=C/C[C@@]1(C)O[C@@H]1CO. The van der Waals surface area contributed by atoms with Gasteiger partial charge in [-0.15, -0.1) is 0 Å². The standard InChI is InChI=1S/C18H36O3Si/c1-7-16(21-22(8-2,9-3)10-4)15(5)12-11-13-18(6)17(14-19)20-18/h11-12,15-17,19H,7-10,13-14H2,1-6H3/b12-11+/t15-,16-,17+,18+/m0/s1. The molecule has 0 aromatic rings. The third-order valence-corrected chi connectivity index (χ3v) is 10.2. The van der Waals surface area contributed by atoms with Gasteiger partial charge >= 0.3 is 0 Å². The molecule has 1 aliphatic heterocycles. The van der Waals surface area contributed by atoms with Gasteiger partial charge in [-0.2, -0.15) is 0 Å². The van der Waals surface area contributed by atoms with Crippen molar-refractivity contribution in [2.45, 2.75) is 90.3 Å². The molecule has 0 aromatic carbocycles. The molecular formula is C18H36O3Si. The zero-order valence-electron chi connectivity index (χ0n) is 15.4. The number of hydrogen-bond donors (Lipinski definition) is 1. The Kier molecular flexibility index (Phi) is 7.79. The summed E-state index contributed by atoms with van der Waals surface area (Å²) in [5.74, 6) is 0.427. The smallest absolute Gasteiger partial charge is 0.192 e. The van der Waals surface area contributed by atoms with Crippen LogP contribution in [0.3, 0.4) is 0 Å². The van der Waals surface area contributed by atoms with Crippen molar-refractivity contribution in [1.82, 2.24) is 0 Å². The first-order valence-corrected chi connectivity index (χ1v) is 11.6. The topological polar surface area (TPSA) is 42.0 Å². The van der Waals surface area contributed by atoms with Gasteiger partial charge < -0.3 is 14.3 Å². The van der Waals surface area contributed by atoms with Crippen LogP contribution in [0.15, 0.2) is 12.2 Å². The molecule has 130 valence electrons. The molecule has 0 amide bonds. The molecule has 0 saturated carbocycles. The highest BCUT2D eigenvalue weighted by atomic mass is 28.4. The summed E-state index contributed by atoms with van der Waals surface area (Å²) in [5.41, 5.74) is -0.150. The van der Waals surface area contributed by atoms with Gasteiger partial charge in [-0.3, -0.25) is 0 Å². The third-order valence-electron chi connectivity index (χ3n) is 5.49. The van der Waals surface area contributed by atoms with Crippen LogP contribution in [0.2, 0.25) is 18.1 Å². The number of aliphatic hydroxyl groups is 1. The van der Waals surface area contributed by atoms with Crippen LogP contribution in [0.1, 0.15) is 54.4 Å². The Labute approximate surface area is 138 Å². The molecule has 1 aliphatic rings. The largest absolute Gasteiger partial charge is 0.413 e. The molecule has 0 radical (unpaired) electrons. The summed E-state index contributed by atoms with van der Waals surface area (Å²) in [7, 11) is -1.54. The van der Waals surface area contributed by atoms with Crippen LogP contribution in [-0.4, -0.2) is 37.8 Å². The minimum absolute atomic E-state index is 0.0195. The first-order valence-electron chi connectivity index (χ1n) is 9.03. The summed E-state index contributed by atoms with van der Waals surface area (Å²) in [6.07, 6.45) is 6.76. The Morgan fingerprint density at radius 2 is 1.82 bits per heavy atom. The lowest BCUT2D eigenvalue weighted by Gasteiger charge is -2.35. The second-order valence-electron chi connectivity index (χ2n) is 6.90. The Balaban J connectivity index is 2.55. The first kappa shape index (κ1) is 19.9. The fourth-order valence-corrected chi connectivity index (χ4v) is 6.25. The van der Waals surface area contributed by atoms with Crippen molar-refractivity contribution in [2.24, 2.45) is 5.92 Å². The van der Waals surface area contributed by atoms with E-state index in [1.165, 1.54) is 18.1 Å². The van der Waals surface area contributed by atoms with Crippen molar-refractivity contribution >= 4 is 8.32 Å². The number of rotatable bonds is 11. The summed E-state index contributed by atoms with van der Waals surface area (Å²) >= 11 is 0. The summed E-state index contributed by atoms with van der Waals surface area (Å²) in [5, 5.41) is 9.12. The van der Waals surface area contributed by atoms with Gasteiger partial charge in [0.15, 0.2) is 8.32 Å². The van der Waals surface area contributed by atoms with Crippen LogP contribution in [0.5, 0.6) is 0 Å². The Morgan fingerprint density at radius 3 is 2.23 bits per heavy atom. The normalized spacial score (nSPS) is 28.0. The second-order valence-corrected chi connectivity index (χ2v) is 11.6. The zero-order valence-corrected chi connectivity index (χ0v) is 16.4. The summed E-state index contributed by atoms with van der Waals surface area (Å²) < 4.78 is 12.2. The predicted octanol–water partition coefficient (Wildman–Crippen LogP) is 4.52. The van der Waals surface area contributed by atoms with Crippen LogP contribution in [-0.2, 0) is 9.16 Å². The van der Waals surface area contributed by atoms with Crippen molar-refractivity contribution in [3.8, 4) is 0 Å². The molecule has 0 bridgehead atoms. The summed E-state index contributed by atoms with van der Waals surface area (Å²) in [4.78, 5) is 0.